The highest BCUT2D eigenvalue weighted by Gasteiger charge is 2.21. The highest BCUT2D eigenvalue weighted by Crippen LogP contribution is 2.24. The second kappa shape index (κ2) is 8.54. The van der Waals surface area contributed by atoms with Crippen LogP contribution in [-0.2, 0) is 6.54 Å². The van der Waals surface area contributed by atoms with Gasteiger partial charge < -0.3 is 9.15 Å². The zero-order chi connectivity index (χ0) is 16.8. The Morgan fingerprint density at radius 2 is 2.12 bits per heavy atom. The van der Waals surface area contributed by atoms with Crippen LogP contribution in [0.25, 0.3) is 11.5 Å². The molecule has 24 heavy (non-hydrogen) atoms. The molecule has 0 aliphatic carbocycles. The number of ether oxygens (including phenoxy) is 1. The van der Waals surface area contributed by atoms with Crippen molar-refractivity contribution in [2.75, 3.05) is 19.0 Å². The maximum atomic E-state index is 5.69. The molecule has 5 heteroatoms. The van der Waals surface area contributed by atoms with Crippen LogP contribution in [0.4, 0.5) is 0 Å². The first kappa shape index (κ1) is 17.3. The summed E-state index contributed by atoms with van der Waals surface area (Å²) in [6.07, 6.45) is 6.28. The van der Waals surface area contributed by atoms with Crippen molar-refractivity contribution in [1.29, 1.82) is 0 Å². The maximum absolute atomic E-state index is 5.69. The fraction of sp³-hybridized carbons (Fsp3) is 0.526. The lowest BCUT2D eigenvalue weighted by molar-refractivity contribution is 0.257. The largest absolute Gasteiger partial charge is 0.494 e. The zero-order valence-electron chi connectivity index (χ0n) is 14.2. The molecule has 2 aromatic rings. The second-order valence-electron chi connectivity index (χ2n) is 6.37. The van der Waals surface area contributed by atoms with Gasteiger partial charge in [-0.2, -0.15) is 0 Å². The van der Waals surface area contributed by atoms with Crippen LogP contribution in [0.5, 0.6) is 5.75 Å². The first-order valence-electron chi connectivity index (χ1n) is 8.74. The third-order valence-electron chi connectivity index (χ3n) is 4.51. The molecule has 1 aromatic heterocycles. The lowest BCUT2D eigenvalue weighted by Crippen LogP contribution is -2.26. The van der Waals surface area contributed by atoms with E-state index in [1.54, 1.807) is 6.26 Å². The van der Waals surface area contributed by atoms with Gasteiger partial charge in [-0.25, -0.2) is 4.98 Å². The lowest BCUT2D eigenvalue weighted by Gasteiger charge is -2.18. The molecule has 0 amide bonds. The van der Waals surface area contributed by atoms with Gasteiger partial charge in [0.05, 0.1) is 12.3 Å². The highest BCUT2D eigenvalue weighted by molar-refractivity contribution is 6.17. The van der Waals surface area contributed by atoms with Gasteiger partial charge in [0, 0.05) is 24.0 Å². The minimum absolute atomic E-state index is 0.639. The first-order chi connectivity index (χ1) is 11.8. The zero-order valence-corrected chi connectivity index (χ0v) is 15.0. The summed E-state index contributed by atoms with van der Waals surface area (Å²) in [5.41, 5.74) is 1.98. The molecule has 0 N–H and O–H groups in total. The van der Waals surface area contributed by atoms with E-state index in [-0.39, 0.29) is 0 Å². The Balaban J connectivity index is 1.56. The van der Waals surface area contributed by atoms with E-state index in [0.29, 0.717) is 24.4 Å². The number of halogens is 1. The van der Waals surface area contributed by atoms with Crippen LogP contribution in [0.2, 0.25) is 0 Å². The molecule has 0 saturated carbocycles. The quantitative estimate of drug-likeness (QED) is 0.511. The van der Waals surface area contributed by atoms with Crippen molar-refractivity contribution in [3.05, 3.63) is 36.2 Å². The van der Waals surface area contributed by atoms with E-state index in [1.807, 2.05) is 24.3 Å². The summed E-state index contributed by atoms with van der Waals surface area (Å²) in [7, 11) is 0. The standard InChI is InChI=1S/C19H25ClN2O2/c1-15-5-4-11-22(15)13-17-14-24-19(21-17)16-6-8-18(9-7-16)23-12-3-2-10-20/h6-9,14-15H,2-5,10-13H2,1H3. The van der Waals surface area contributed by atoms with E-state index in [2.05, 4.69) is 16.8 Å². The van der Waals surface area contributed by atoms with E-state index < -0.39 is 0 Å². The third kappa shape index (κ3) is 4.52. The number of rotatable bonds is 8. The van der Waals surface area contributed by atoms with Crippen LogP contribution in [0.15, 0.2) is 34.9 Å². The molecule has 1 fully saturated rings. The molecule has 1 aromatic carbocycles. The Labute approximate surface area is 148 Å². The summed E-state index contributed by atoms with van der Waals surface area (Å²) in [5.74, 6) is 2.22. The number of hydrogen-bond acceptors (Lipinski definition) is 4. The van der Waals surface area contributed by atoms with Crippen LogP contribution in [-0.4, -0.2) is 35.0 Å². The Kier molecular flexibility index (Phi) is 6.16. The Hall–Kier alpha value is -1.52. The minimum atomic E-state index is 0.639. The Morgan fingerprint density at radius 1 is 1.29 bits per heavy atom. The van der Waals surface area contributed by atoms with Crippen molar-refractivity contribution in [2.45, 2.75) is 45.2 Å². The average molecular weight is 349 g/mol. The molecule has 4 nitrogen and oxygen atoms in total. The summed E-state index contributed by atoms with van der Waals surface area (Å²) in [6, 6.07) is 8.54. The van der Waals surface area contributed by atoms with E-state index in [4.69, 9.17) is 20.8 Å². The third-order valence-corrected chi connectivity index (χ3v) is 4.77. The molecule has 1 unspecified atom stereocenters. The van der Waals surface area contributed by atoms with Gasteiger partial charge in [0.2, 0.25) is 5.89 Å². The monoisotopic (exact) mass is 348 g/mol. The molecule has 1 saturated heterocycles. The predicted molar refractivity (Wildman–Crippen MR) is 96.5 cm³/mol. The van der Waals surface area contributed by atoms with Gasteiger partial charge in [0.25, 0.3) is 0 Å². The van der Waals surface area contributed by atoms with Gasteiger partial charge in [-0.1, -0.05) is 0 Å². The topological polar surface area (TPSA) is 38.5 Å². The molecular formula is C19H25ClN2O2. The van der Waals surface area contributed by atoms with Crippen molar-refractivity contribution >= 4 is 11.6 Å². The van der Waals surface area contributed by atoms with Crippen LogP contribution >= 0.6 is 11.6 Å². The van der Waals surface area contributed by atoms with Gasteiger partial charge in [0.1, 0.15) is 12.0 Å². The van der Waals surface area contributed by atoms with Gasteiger partial charge >= 0.3 is 0 Å². The number of unbranched alkanes of at least 4 members (excludes halogenated alkanes) is 1. The van der Waals surface area contributed by atoms with Crippen molar-refractivity contribution in [3.63, 3.8) is 0 Å². The minimum Gasteiger partial charge on any atom is -0.494 e. The van der Waals surface area contributed by atoms with Crippen LogP contribution in [0, 0.1) is 0 Å². The molecule has 1 aliphatic rings. The van der Waals surface area contributed by atoms with E-state index >= 15 is 0 Å². The fourth-order valence-electron chi connectivity index (χ4n) is 3.03. The van der Waals surface area contributed by atoms with Gasteiger partial charge in [-0.3, -0.25) is 4.90 Å². The summed E-state index contributed by atoms with van der Waals surface area (Å²) in [5, 5.41) is 0. The van der Waals surface area contributed by atoms with Crippen LogP contribution < -0.4 is 4.74 Å². The summed E-state index contributed by atoms with van der Waals surface area (Å²) < 4.78 is 11.3. The number of hydrogen-bond donors (Lipinski definition) is 0. The second-order valence-corrected chi connectivity index (χ2v) is 6.75. The summed E-state index contributed by atoms with van der Waals surface area (Å²) in [6.45, 7) is 4.99. The SMILES string of the molecule is CC1CCCN1Cc1coc(-c2ccc(OCCCCCl)cc2)n1. The molecule has 0 bridgehead atoms. The number of alkyl halides is 1. The molecule has 0 spiro atoms. The average Bonchev–Trinajstić information content (AvgIpc) is 3.22. The molecule has 0 radical (unpaired) electrons. The first-order valence-corrected chi connectivity index (χ1v) is 9.27. The van der Waals surface area contributed by atoms with Gasteiger partial charge in [-0.15, -0.1) is 11.6 Å². The predicted octanol–water partition coefficient (Wildman–Crippen LogP) is 4.72. The number of benzene rings is 1. The number of oxazole rings is 1. The summed E-state index contributed by atoms with van der Waals surface area (Å²) in [4.78, 5) is 7.09. The van der Waals surface area contributed by atoms with Gasteiger partial charge in [-0.05, 0) is 63.4 Å². The van der Waals surface area contributed by atoms with E-state index in [9.17, 15) is 0 Å². The molecule has 2 heterocycles. The number of nitrogens with zero attached hydrogens (tertiary/aromatic N) is 2. The Bertz CT molecular complexity index is 627. The molecule has 1 aliphatic heterocycles. The van der Waals surface area contributed by atoms with Gasteiger partial charge in [0.15, 0.2) is 0 Å². The van der Waals surface area contributed by atoms with Crippen molar-refractivity contribution in [3.8, 4) is 17.2 Å². The van der Waals surface area contributed by atoms with Crippen molar-refractivity contribution < 1.29 is 9.15 Å². The van der Waals surface area contributed by atoms with E-state index in [1.165, 1.54) is 12.8 Å². The molecule has 130 valence electrons. The number of aromatic nitrogens is 1. The lowest BCUT2D eigenvalue weighted by atomic mass is 10.2. The van der Waals surface area contributed by atoms with Crippen molar-refractivity contribution in [2.24, 2.45) is 0 Å². The fourth-order valence-corrected chi connectivity index (χ4v) is 3.22. The van der Waals surface area contributed by atoms with Crippen LogP contribution in [0.3, 0.4) is 0 Å². The normalized spacial score (nSPS) is 18.2. The maximum Gasteiger partial charge on any atom is 0.226 e. The van der Waals surface area contributed by atoms with Crippen molar-refractivity contribution in [1.82, 2.24) is 9.88 Å². The number of likely N-dealkylation sites (tertiary alicyclic amines) is 1. The Morgan fingerprint density at radius 3 is 2.83 bits per heavy atom. The smallest absolute Gasteiger partial charge is 0.226 e. The molecular weight excluding hydrogens is 324 g/mol. The molecule has 3 rings (SSSR count). The highest BCUT2D eigenvalue weighted by atomic mass is 35.5. The summed E-state index contributed by atoms with van der Waals surface area (Å²) >= 11 is 5.66. The molecule has 1 atom stereocenters. The van der Waals surface area contributed by atoms with Crippen LogP contribution in [0.1, 0.15) is 38.3 Å². The van der Waals surface area contributed by atoms with E-state index in [0.717, 1.165) is 42.9 Å².